The highest BCUT2D eigenvalue weighted by atomic mass is 16.3. The van der Waals surface area contributed by atoms with Crippen molar-refractivity contribution in [1.29, 1.82) is 5.26 Å². The van der Waals surface area contributed by atoms with E-state index in [0.717, 1.165) is 5.69 Å². The summed E-state index contributed by atoms with van der Waals surface area (Å²) < 4.78 is 0. The van der Waals surface area contributed by atoms with Crippen LogP contribution in [0, 0.1) is 18.3 Å². The molecule has 0 aliphatic rings. The second kappa shape index (κ2) is 4.95. The van der Waals surface area contributed by atoms with Gasteiger partial charge in [-0.1, -0.05) is 6.92 Å². The SMILES string of the molecule is CCC(C)(O)CNc1cc(C#N)cc(C)n1. The number of rotatable bonds is 4. The predicted molar refractivity (Wildman–Crippen MR) is 63.1 cm³/mol. The van der Waals surface area contributed by atoms with E-state index in [1.165, 1.54) is 0 Å². The number of aromatic nitrogens is 1. The van der Waals surface area contributed by atoms with Gasteiger partial charge in [-0.05, 0) is 32.4 Å². The third-order valence-corrected chi connectivity index (χ3v) is 2.49. The van der Waals surface area contributed by atoms with Gasteiger partial charge in [0.2, 0.25) is 0 Å². The molecule has 0 amide bonds. The van der Waals surface area contributed by atoms with E-state index in [1.807, 2.05) is 13.8 Å². The highest BCUT2D eigenvalue weighted by Gasteiger charge is 2.17. The number of pyridine rings is 1. The normalized spacial score (nSPS) is 13.9. The second-order valence-electron chi connectivity index (χ2n) is 4.20. The largest absolute Gasteiger partial charge is 0.388 e. The fourth-order valence-corrected chi connectivity index (χ4v) is 1.23. The van der Waals surface area contributed by atoms with Gasteiger partial charge in [0.1, 0.15) is 5.82 Å². The summed E-state index contributed by atoms with van der Waals surface area (Å²) in [5.41, 5.74) is 0.613. The Balaban J connectivity index is 2.75. The number of nitrogens with one attached hydrogen (secondary N) is 1. The molecule has 0 saturated carbocycles. The molecule has 2 N–H and O–H groups in total. The van der Waals surface area contributed by atoms with E-state index in [0.29, 0.717) is 24.3 Å². The molecule has 0 aliphatic heterocycles. The van der Waals surface area contributed by atoms with Gasteiger partial charge in [0, 0.05) is 12.2 Å². The predicted octanol–water partition coefficient (Wildman–Crippen LogP) is 1.83. The Labute approximate surface area is 95.9 Å². The van der Waals surface area contributed by atoms with E-state index in [1.54, 1.807) is 19.1 Å². The van der Waals surface area contributed by atoms with Gasteiger partial charge in [0.15, 0.2) is 0 Å². The van der Waals surface area contributed by atoms with Crippen molar-refractivity contribution in [1.82, 2.24) is 4.98 Å². The summed E-state index contributed by atoms with van der Waals surface area (Å²) in [6, 6.07) is 5.48. The topological polar surface area (TPSA) is 68.9 Å². The molecule has 0 aromatic carbocycles. The van der Waals surface area contributed by atoms with Gasteiger partial charge in [-0.15, -0.1) is 0 Å². The van der Waals surface area contributed by atoms with E-state index in [2.05, 4.69) is 16.4 Å². The molecule has 4 nitrogen and oxygen atoms in total. The minimum atomic E-state index is -0.752. The van der Waals surface area contributed by atoms with Crippen LogP contribution in [0.25, 0.3) is 0 Å². The molecule has 0 bridgehead atoms. The van der Waals surface area contributed by atoms with Crippen LogP contribution in [0.15, 0.2) is 12.1 Å². The van der Waals surface area contributed by atoms with Crippen molar-refractivity contribution < 1.29 is 5.11 Å². The van der Waals surface area contributed by atoms with Crippen LogP contribution >= 0.6 is 0 Å². The molecule has 0 fully saturated rings. The van der Waals surface area contributed by atoms with Gasteiger partial charge in [-0.2, -0.15) is 5.26 Å². The lowest BCUT2D eigenvalue weighted by molar-refractivity contribution is 0.0696. The average Bonchev–Trinajstić information content (AvgIpc) is 2.26. The Hall–Kier alpha value is -1.60. The zero-order valence-corrected chi connectivity index (χ0v) is 9.91. The first-order valence-corrected chi connectivity index (χ1v) is 5.32. The van der Waals surface area contributed by atoms with Crippen LogP contribution in [0.5, 0.6) is 0 Å². The van der Waals surface area contributed by atoms with Crippen molar-refractivity contribution >= 4 is 5.82 Å². The van der Waals surface area contributed by atoms with E-state index in [-0.39, 0.29) is 0 Å². The summed E-state index contributed by atoms with van der Waals surface area (Å²) in [6.07, 6.45) is 0.664. The van der Waals surface area contributed by atoms with Crippen LogP contribution in [0.1, 0.15) is 31.5 Å². The molecule has 1 aromatic heterocycles. The number of anilines is 1. The molecular formula is C12H17N3O. The lowest BCUT2D eigenvalue weighted by Gasteiger charge is -2.22. The first-order valence-electron chi connectivity index (χ1n) is 5.32. The summed E-state index contributed by atoms with van der Waals surface area (Å²) in [5.74, 6) is 0.630. The van der Waals surface area contributed by atoms with Gasteiger partial charge in [-0.3, -0.25) is 0 Å². The Morgan fingerprint density at radius 1 is 1.56 bits per heavy atom. The quantitative estimate of drug-likeness (QED) is 0.810. The van der Waals surface area contributed by atoms with Crippen LogP contribution in [0.2, 0.25) is 0 Å². The van der Waals surface area contributed by atoms with Crippen LogP contribution in [0.3, 0.4) is 0 Å². The van der Waals surface area contributed by atoms with Crippen LogP contribution in [0.4, 0.5) is 5.82 Å². The minimum Gasteiger partial charge on any atom is -0.388 e. The molecule has 0 aliphatic carbocycles. The number of hydrogen-bond acceptors (Lipinski definition) is 4. The Morgan fingerprint density at radius 3 is 2.81 bits per heavy atom. The molecule has 0 spiro atoms. The number of aliphatic hydroxyl groups is 1. The zero-order chi connectivity index (χ0) is 12.2. The van der Waals surface area contributed by atoms with E-state index in [4.69, 9.17) is 5.26 Å². The summed E-state index contributed by atoms with van der Waals surface area (Å²) >= 11 is 0. The van der Waals surface area contributed by atoms with Gasteiger partial charge in [-0.25, -0.2) is 4.98 Å². The fourth-order valence-electron chi connectivity index (χ4n) is 1.23. The molecule has 86 valence electrons. The monoisotopic (exact) mass is 219 g/mol. The molecule has 16 heavy (non-hydrogen) atoms. The van der Waals surface area contributed by atoms with Gasteiger partial charge in [0.25, 0.3) is 0 Å². The van der Waals surface area contributed by atoms with Crippen molar-refractivity contribution in [3.05, 3.63) is 23.4 Å². The van der Waals surface area contributed by atoms with E-state index >= 15 is 0 Å². The number of hydrogen-bond donors (Lipinski definition) is 2. The second-order valence-corrected chi connectivity index (χ2v) is 4.20. The fraction of sp³-hybridized carbons (Fsp3) is 0.500. The van der Waals surface area contributed by atoms with Crippen LogP contribution < -0.4 is 5.32 Å². The molecule has 0 radical (unpaired) electrons. The lowest BCUT2D eigenvalue weighted by atomic mass is 10.0. The van der Waals surface area contributed by atoms with Gasteiger partial charge < -0.3 is 10.4 Å². The number of aryl methyl sites for hydroxylation is 1. The van der Waals surface area contributed by atoms with Gasteiger partial charge >= 0.3 is 0 Å². The summed E-state index contributed by atoms with van der Waals surface area (Å²) in [5, 5.41) is 21.7. The Morgan fingerprint density at radius 2 is 2.25 bits per heavy atom. The summed E-state index contributed by atoms with van der Waals surface area (Å²) in [6.45, 7) is 5.95. The van der Waals surface area contributed by atoms with E-state index < -0.39 is 5.60 Å². The summed E-state index contributed by atoms with van der Waals surface area (Å²) in [7, 11) is 0. The lowest BCUT2D eigenvalue weighted by Crippen LogP contribution is -2.32. The third-order valence-electron chi connectivity index (χ3n) is 2.49. The molecule has 1 heterocycles. The zero-order valence-electron chi connectivity index (χ0n) is 9.91. The smallest absolute Gasteiger partial charge is 0.127 e. The molecule has 1 rings (SSSR count). The first kappa shape index (κ1) is 12.5. The van der Waals surface area contributed by atoms with Gasteiger partial charge in [0.05, 0.1) is 17.2 Å². The maximum atomic E-state index is 9.83. The number of nitrogens with zero attached hydrogens (tertiary/aromatic N) is 2. The van der Waals surface area contributed by atoms with Crippen molar-refractivity contribution in [2.45, 2.75) is 32.8 Å². The Bertz CT molecular complexity index is 407. The van der Waals surface area contributed by atoms with Crippen molar-refractivity contribution in [2.75, 3.05) is 11.9 Å². The molecule has 4 heteroatoms. The number of nitriles is 1. The third kappa shape index (κ3) is 3.52. The van der Waals surface area contributed by atoms with Crippen LogP contribution in [-0.2, 0) is 0 Å². The maximum absolute atomic E-state index is 9.83. The van der Waals surface area contributed by atoms with Crippen molar-refractivity contribution in [2.24, 2.45) is 0 Å². The summed E-state index contributed by atoms with van der Waals surface area (Å²) in [4.78, 5) is 4.25. The van der Waals surface area contributed by atoms with Crippen molar-refractivity contribution in [3.63, 3.8) is 0 Å². The molecular weight excluding hydrogens is 202 g/mol. The standard InChI is InChI=1S/C12H17N3O/c1-4-12(3,16)8-14-11-6-10(7-13)5-9(2)15-11/h5-6,16H,4,8H2,1-3H3,(H,14,15). The molecule has 1 atom stereocenters. The first-order chi connectivity index (χ1) is 7.46. The van der Waals surface area contributed by atoms with Crippen LogP contribution in [-0.4, -0.2) is 22.2 Å². The molecule has 1 unspecified atom stereocenters. The maximum Gasteiger partial charge on any atom is 0.127 e. The average molecular weight is 219 g/mol. The minimum absolute atomic E-state index is 0.421. The molecule has 0 saturated heterocycles. The highest BCUT2D eigenvalue weighted by Crippen LogP contribution is 2.13. The molecule has 1 aromatic rings. The van der Waals surface area contributed by atoms with Crippen molar-refractivity contribution in [3.8, 4) is 6.07 Å². The Kier molecular flexibility index (Phi) is 3.86. The van der Waals surface area contributed by atoms with E-state index in [9.17, 15) is 5.11 Å². The highest BCUT2D eigenvalue weighted by molar-refractivity contribution is 5.44.